The SMILES string of the molecule is CC(C)c1ccnc(N2CC3CCC(C2)O3)n1.CCc1cnc(N)nc1C(C)C.Cc1cc(C(C)C)cc(=O)[nH]1. The van der Waals surface area contributed by atoms with E-state index in [0.717, 1.165) is 48.1 Å². The molecule has 0 aromatic carbocycles. The van der Waals surface area contributed by atoms with Gasteiger partial charge in [-0.2, -0.15) is 0 Å². The molecule has 0 aliphatic carbocycles. The maximum Gasteiger partial charge on any atom is 0.248 e. The van der Waals surface area contributed by atoms with E-state index in [2.05, 4.69) is 78.3 Å². The molecule has 5 rings (SSSR count). The molecule has 2 fully saturated rings. The zero-order valence-electron chi connectivity index (χ0n) is 25.4. The molecule has 2 saturated heterocycles. The third kappa shape index (κ3) is 8.84. The van der Waals surface area contributed by atoms with Gasteiger partial charge in [0.15, 0.2) is 0 Å². The molecule has 2 aliphatic heterocycles. The van der Waals surface area contributed by atoms with Gasteiger partial charge in [-0.05, 0) is 67.2 Å². The van der Waals surface area contributed by atoms with E-state index >= 15 is 0 Å². The van der Waals surface area contributed by atoms with Crippen LogP contribution in [0.5, 0.6) is 0 Å². The first-order valence-corrected chi connectivity index (χ1v) is 14.5. The number of anilines is 2. The molecule has 5 heterocycles. The van der Waals surface area contributed by atoms with Crippen LogP contribution in [-0.2, 0) is 11.2 Å². The Morgan fingerprint density at radius 1 is 1.00 bits per heavy atom. The van der Waals surface area contributed by atoms with Gasteiger partial charge in [0.1, 0.15) is 0 Å². The second kappa shape index (κ2) is 14.3. The number of pyridine rings is 1. The van der Waals surface area contributed by atoms with Crippen molar-refractivity contribution in [1.82, 2.24) is 24.9 Å². The zero-order valence-corrected chi connectivity index (χ0v) is 25.4. The summed E-state index contributed by atoms with van der Waals surface area (Å²) >= 11 is 0. The summed E-state index contributed by atoms with van der Waals surface area (Å²) in [5.74, 6) is 2.54. The van der Waals surface area contributed by atoms with Crippen molar-refractivity contribution >= 4 is 11.9 Å². The van der Waals surface area contributed by atoms with E-state index < -0.39 is 0 Å². The van der Waals surface area contributed by atoms with Gasteiger partial charge < -0.3 is 20.4 Å². The number of nitrogens with two attached hydrogens (primary N) is 1. The van der Waals surface area contributed by atoms with Gasteiger partial charge in [0.05, 0.1) is 17.9 Å². The van der Waals surface area contributed by atoms with Crippen LogP contribution in [-0.4, -0.2) is 50.2 Å². The summed E-state index contributed by atoms with van der Waals surface area (Å²) in [6.07, 6.45) is 7.80. The lowest BCUT2D eigenvalue weighted by Crippen LogP contribution is -2.43. The van der Waals surface area contributed by atoms with Crippen LogP contribution in [0.4, 0.5) is 11.9 Å². The number of rotatable bonds is 5. The van der Waals surface area contributed by atoms with Crippen LogP contribution >= 0.6 is 0 Å². The Morgan fingerprint density at radius 2 is 1.68 bits per heavy atom. The van der Waals surface area contributed by atoms with Crippen LogP contribution < -0.4 is 16.2 Å². The second-order valence-corrected chi connectivity index (χ2v) is 11.6. The first-order valence-electron chi connectivity index (χ1n) is 14.5. The largest absolute Gasteiger partial charge is 0.371 e. The molecule has 40 heavy (non-hydrogen) atoms. The normalized spacial score (nSPS) is 17.9. The lowest BCUT2D eigenvalue weighted by Gasteiger charge is -2.32. The third-order valence-corrected chi connectivity index (χ3v) is 7.09. The summed E-state index contributed by atoms with van der Waals surface area (Å²) in [7, 11) is 0. The summed E-state index contributed by atoms with van der Waals surface area (Å²) < 4.78 is 5.83. The third-order valence-electron chi connectivity index (χ3n) is 7.09. The van der Waals surface area contributed by atoms with Gasteiger partial charge >= 0.3 is 0 Å². The number of nitrogen functional groups attached to an aromatic ring is 1. The molecule has 0 amide bonds. The molecular weight excluding hydrogens is 502 g/mol. The molecule has 2 unspecified atom stereocenters. The summed E-state index contributed by atoms with van der Waals surface area (Å²) in [4.78, 5) is 33.2. The van der Waals surface area contributed by atoms with E-state index in [9.17, 15) is 4.79 Å². The number of hydrogen-bond donors (Lipinski definition) is 2. The fourth-order valence-electron chi connectivity index (χ4n) is 4.86. The maximum atomic E-state index is 11.0. The Balaban J connectivity index is 0.000000172. The Kier molecular flexibility index (Phi) is 11.2. The Labute approximate surface area is 239 Å². The van der Waals surface area contributed by atoms with Crippen LogP contribution in [0.1, 0.15) is 107 Å². The average molecular weight is 550 g/mol. The minimum absolute atomic E-state index is 0.00583. The van der Waals surface area contributed by atoms with Gasteiger partial charge in [0.2, 0.25) is 17.5 Å². The molecule has 0 spiro atoms. The first kappa shape index (κ1) is 31.2. The van der Waals surface area contributed by atoms with Crippen molar-refractivity contribution in [1.29, 1.82) is 0 Å². The Hall–Kier alpha value is -3.33. The topological polar surface area (TPSA) is 123 Å². The maximum absolute atomic E-state index is 11.0. The van der Waals surface area contributed by atoms with E-state index in [4.69, 9.17) is 10.5 Å². The highest BCUT2D eigenvalue weighted by Gasteiger charge is 2.34. The number of morpholine rings is 1. The quantitative estimate of drug-likeness (QED) is 0.427. The van der Waals surface area contributed by atoms with Gasteiger partial charge in [-0.15, -0.1) is 0 Å². The van der Waals surface area contributed by atoms with Crippen LogP contribution in [0.2, 0.25) is 0 Å². The van der Waals surface area contributed by atoms with Gasteiger partial charge in [-0.3, -0.25) is 4.79 Å². The predicted octanol–water partition coefficient (Wildman–Crippen LogP) is 5.52. The molecule has 218 valence electrons. The van der Waals surface area contributed by atoms with E-state index in [1.54, 1.807) is 6.07 Å². The molecule has 2 bridgehead atoms. The number of ether oxygens (including phenoxy) is 1. The van der Waals surface area contributed by atoms with Crippen molar-refractivity contribution in [3.05, 3.63) is 69.2 Å². The number of aromatic nitrogens is 5. The lowest BCUT2D eigenvalue weighted by molar-refractivity contribution is 0.0299. The lowest BCUT2D eigenvalue weighted by atomic mass is 10.0. The molecule has 0 saturated carbocycles. The number of aromatic amines is 1. The van der Waals surface area contributed by atoms with E-state index in [0.29, 0.717) is 35.9 Å². The van der Waals surface area contributed by atoms with Gasteiger partial charge in [0.25, 0.3) is 0 Å². The fourth-order valence-corrected chi connectivity index (χ4v) is 4.86. The molecule has 3 aromatic heterocycles. The molecular formula is C31H47N7O2. The minimum atomic E-state index is -0.00583. The highest BCUT2D eigenvalue weighted by atomic mass is 16.5. The predicted molar refractivity (Wildman–Crippen MR) is 162 cm³/mol. The van der Waals surface area contributed by atoms with Gasteiger partial charge in [0, 0.05) is 42.9 Å². The highest BCUT2D eigenvalue weighted by molar-refractivity contribution is 5.33. The summed E-state index contributed by atoms with van der Waals surface area (Å²) in [6.45, 7) is 18.6. The smallest absolute Gasteiger partial charge is 0.248 e. The Bertz CT molecular complexity index is 1280. The molecule has 0 radical (unpaired) electrons. The molecule has 2 atom stereocenters. The van der Waals surface area contributed by atoms with Crippen LogP contribution in [0.3, 0.4) is 0 Å². The van der Waals surface area contributed by atoms with Crippen molar-refractivity contribution in [2.75, 3.05) is 23.7 Å². The monoisotopic (exact) mass is 549 g/mol. The van der Waals surface area contributed by atoms with E-state index in [1.807, 2.05) is 31.5 Å². The summed E-state index contributed by atoms with van der Waals surface area (Å²) in [5.41, 5.74) is 10.9. The van der Waals surface area contributed by atoms with Crippen LogP contribution in [0, 0.1) is 6.92 Å². The molecule has 2 aliphatic rings. The minimum Gasteiger partial charge on any atom is -0.371 e. The van der Waals surface area contributed by atoms with Crippen molar-refractivity contribution in [3.63, 3.8) is 0 Å². The number of nitrogens with zero attached hydrogens (tertiary/aromatic N) is 5. The van der Waals surface area contributed by atoms with E-state index in [-0.39, 0.29) is 5.56 Å². The first-order chi connectivity index (χ1) is 19.0. The van der Waals surface area contributed by atoms with Crippen molar-refractivity contribution in [3.8, 4) is 0 Å². The van der Waals surface area contributed by atoms with Gasteiger partial charge in [-0.1, -0.05) is 48.5 Å². The number of H-pyrrole nitrogens is 1. The van der Waals surface area contributed by atoms with Crippen molar-refractivity contribution < 1.29 is 4.74 Å². The van der Waals surface area contributed by atoms with Crippen molar-refractivity contribution in [2.45, 2.75) is 105 Å². The summed E-state index contributed by atoms with van der Waals surface area (Å²) in [6, 6.07) is 5.66. The number of hydrogen-bond acceptors (Lipinski definition) is 8. The van der Waals surface area contributed by atoms with Gasteiger partial charge in [-0.25, -0.2) is 19.9 Å². The number of aryl methyl sites for hydroxylation is 2. The number of fused-ring (bicyclic) bond motifs is 2. The summed E-state index contributed by atoms with van der Waals surface area (Å²) in [5, 5.41) is 0. The Morgan fingerprint density at radius 3 is 2.23 bits per heavy atom. The molecule has 3 N–H and O–H groups in total. The zero-order chi connectivity index (χ0) is 29.4. The highest BCUT2D eigenvalue weighted by Crippen LogP contribution is 2.28. The second-order valence-electron chi connectivity index (χ2n) is 11.6. The van der Waals surface area contributed by atoms with Crippen molar-refractivity contribution in [2.24, 2.45) is 0 Å². The molecule has 9 heteroatoms. The standard InChI is InChI=1S/C13H19N3O.C9H15N3.C9H13NO/c1-9(2)12-5-6-14-13(15-12)16-7-10-3-4-11(8-16)17-10;1-4-7-5-11-9(10)12-8(7)6(2)3;1-6(2)8-4-7(3)10-9(11)5-8/h5-6,9-11H,3-4,7-8H2,1-2H3;5-6H,4H2,1-3H3,(H2,10,11,12);4-6H,1-3H3,(H,10,11). The average Bonchev–Trinajstić information content (AvgIpc) is 3.25. The van der Waals surface area contributed by atoms with Crippen LogP contribution in [0.15, 0.2) is 35.4 Å². The van der Waals surface area contributed by atoms with Crippen LogP contribution in [0.25, 0.3) is 0 Å². The molecule has 3 aromatic rings. The van der Waals surface area contributed by atoms with E-state index in [1.165, 1.54) is 18.4 Å². The number of nitrogens with one attached hydrogen (secondary N) is 1. The fraction of sp³-hybridized carbons (Fsp3) is 0.581. The molecule has 9 nitrogen and oxygen atoms in total.